The van der Waals surface area contributed by atoms with E-state index < -0.39 is 0 Å². The monoisotopic (exact) mass is 279 g/mol. The number of nitrogens with zero attached hydrogens (tertiary/aromatic N) is 1. The minimum absolute atomic E-state index is 0.0928. The third kappa shape index (κ3) is 1.92. The summed E-state index contributed by atoms with van der Waals surface area (Å²) in [5.41, 5.74) is 2.60. The first-order valence-corrected chi connectivity index (χ1v) is 6.54. The summed E-state index contributed by atoms with van der Waals surface area (Å²) in [7, 11) is 0. The summed E-state index contributed by atoms with van der Waals surface area (Å²) in [6, 6.07) is 7.67. The quantitative estimate of drug-likeness (QED) is 0.612. The summed E-state index contributed by atoms with van der Waals surface area (Å²) in [4.78, 5) is 13.8. The molecule has 0 aliphatic carbocycles. The molecule has 1 heterocycles. The van der Waals surface area contributed by atoms with Crippen LogP contribution in [0.5, 0.6) is 0 Å². The molecule has 0 N–H and O–H groups in total. The molecule has 1 aliphatic rings. The SMILES string of the molecule is C=C1c2ccccc2C(=O)N1CCCCBr. The maximum atomic E-state index is 12.1. The van der Waals surface area contributed by atoms with Crippen molar-refractivity contribution in [1.29, 1.82) is 0 Å². The molecule has 0 aromatic heterocycles. The van der Waals surface area contributed by atoms with Crippen molar-refractivity contribution in [2.24, 2.45) is 0 Å². The third-order valence-electron chi connectivity index (χ3n) is 2.80. The topological polar surface area (TPSA) is 20.3 Å². The lowest BCUT2D eigenvalue weighted by molar-refractivity contribution is 0.0849. The van der Waals surface area contributed by atoms with Crippen LogP contribution in [-0.2, 0) is 0 Å². The molecule has 3 heteroatoms. The maximum Gasteiger partial charge on any atom is 0.258 e. The van der Waals surface area contributed by atoms with Crippen LogP contribution < -0.4 is 0 Å². The molecule has 0 radical (unpaired) electrons. The van der Waals surface area contributed by atoms with Crippen LogP contribution in [0.2, 0.25) is 0 Å². The Hall–Kier alpha value is -1.09. The van der Waals surface area contributed by atoms with Crippen molar-refractivity contribution in [1.82, 2.24) is 4.90 Å². The Bertz CT molecular complexity index is 393. The predicted octanol–water partition coefficient (Wildman–Crippen LogP) is 3.29. The van der Waals surface area contributed by atoms with E-state index in [1.54, 1.807) is 4.90 Å². The predicted molar refractivity (Wildman–Crippen MR) is 69.5 cm³/mol. The summed E-state index contributed by atoms with van der Waals surface area (Å²) < 4.78 is 0. The number of halogens is 1. The smallest absolute Gasteiger partial charge is 0.258 e. The first kappa shape index (κ1) is 11.4. The Kier molecular flexibility index (Phi) is 3.44. The molecular formula is C13H14BrNO. The van der Waals surface area contributed by atoms with Gasteiger partial charge in [-0.2, -0.15) is 0 Å². The standard InChI is InChI=1S/C13H14BrNO/c1-10-11-6-2-3-7-12(11)13(16)15(10)9-5-4-8-14/h2-3,6-7H,1,4-5,8-9H2. The van der Waals surface area contributed by atoms with Gasteiger partial charge in [0.25, 0.3) is 5.91 Å². The van der Waals surface area contributed by atoms with Gasteiger partial charge in [0.1, 0.15) is 0 Å². The van der Waals surface area contributed by atoms with Gasteiger partial charge < -0.3 is 4.90 Å². The number of unbranched alkanes of at least 4 members (excludes halogenated alkanes) is 1. The van der Waals surface area contributed by atoms with Crippen LogP contribution in [0.3, 0.4) is 0 Å². The lowest BCUT2D eigenvalue weighted by Gasteiger charge is -2.16. The van der Waals surface area contributed by atoms with E-state index in [2.05, 4.69) is 22.5 Å². The zero-order chi connectivity index (χ0) is 11.5. The van der Waals surface area contributed by atoms with Gasteiger partial charge in [-0.25, -0.2) is 0 Å². The number of carbonyl (C=O) groups excluding carboxylic acids is 1. The van der Waals surface area contributed by atoms with Crippen LogP contribution in [0.4, 0.5) is 0 Å². The highest BCUT2D eigenvalue weighted by atomic mass is 79.9. The number of benzene rings is 1. The molecule has 1 aromatic carbocycles. The Morgan fingerprint density at radius 2 is 1.88 bits per heavy atom. The second-order valence-corrected chi connectivity index (χ2v) is 4.64. The largest absolute Gasteiger partial charge is 0.308 e. The van der Waals surface area contributed by atoms with Crippen LogP contribution in [0.1, 0.15) is 28.8 Å². The summed E-state index contributed by atoms with van der Waals surface area (Å²) in [6.45, 7) is 4.76. The van der Waals surface area contributed by atoms with Crippen LogP contribution >= 0.6 is 15.9 Å². The highest BCUT2D eigenvalue weighted by Gasteiger charge is 2.29. The van der Waals surface area contributed by atoms with E-state index in [-0.39, 0.29) is 5.91 Å². The zero-order valence-corrected chi connectivity index (χ0v) is 10.7. The molecule has 0 fully saturated rings. The van der Waals surface area contributed by atoms with E-state index >= 15 is 0 Å². The van der Waals surface area contributed by atoms with Gasteiger partial charge in [0.05, 0.1) is 0 Å². The first-order chi connectivity index (χ1) is 7.75. The molecule has 0 unspecified atom stereocenters. The van der Waals surface area contributed by atoms with Gasteiger partial charge in [-0.05, 0) is 18.9 Å². The number of rotatable bonds is 4. The second kappa shape index (κ2) is 4.83. The average Bonchev–Trinajstić information content (AvgIpc) is 2.55. The highest BCUT2D eigenvalue weighted by Crippen LogP contribution is 2.31. The molecule has 16 heavy (non-hydrogen) atoms. The van der Waals surface area contributed by atoms with Crippen molar-refractivity contribution in [2.45, 2.75) is 12.8 Å². The maximum absolute atomic E-state index is 12.1. The van der Waals surface area contributed by atoms with Gasteiger partial charge in [0.15, 0.2) is 0 Å². The van der Waals surface area contributed by atoms with Crippen LogP contribution in [0.25, 0.3) is 5.70 Å². The summed E-state index contributed by atoms with van der Waals surface area (Å²) >= 11 is 3.39. The van der Waals surface area contributed by atoms with Gasteiger partial charge in [-0.15, -0.1) is 0 Å². The van der Waals surface area contributed by atoms with E-state index in [1.165, 1.54) is 0 Å². The van der Waals surface area contributed by atoms with E-state index in [4.69, 9.17) is 0 Å². The molecule has 0 bridgehead atoms. The molecule has 0 saturated carbocycles. The van der Waals surface area contributed by atoms with Crippen LogP contribution in [-0.4, -0.2) is 22.7 Å². The fraction of sp³-hybridized carbons (Fsp3) is 0.308. The van der Waals surface area contributed by atoms with E-state index in [9.17, 15) is 4.79 Å². The Labute approximate surface area is 104 Å². The minimum Gasteiger partial charge on any atom is -0.308 e. The molecule has 1 aromatic rings. The Morgan fingerprint density at radius 3 is 2.50 bits per heavy atom. The number of alkyl halides is 1. The number of hydrogen-bond acceptors (Lipinski definition) is 1. The minimum atomic E-state index is 0.0928. The summed E-state index contributed by atoms with van der Waals surface area (Å²) in [6.07, 6.45) is 2.08. The second-order valence-electron chi connectivity index (χ2n) is 3.85. The van der Waals surface area contributed by atoms with Crippen molar-refractivity contribution < 1.29 is 4.79 Å². The average molecular weight is 280 g/mol. The van der Waals surface area contributed by atoms with Gasteiger partial charge >= 0.3 is 0 Å². The van der Waals surface area contributed by atoms with Crippen LogP contribution in [0.15, 0.2) is 30.8 Å². The fourth-order valence-corrected chi connectivity index (χ4v) is 2.33. The first-order valence-electron chi connectivity index (χ1n) is 5.42. The molecule has 0 saturated heterocycles. The van der Waals surface area contributed by atoms with E-state index in [0.717, 1.165) is 41.5 Å². The van der Waals surface area contributed by atoms with Gasteiger partial charge in [0, 0.05) is 28.7 Å². The Morgan fingerprint density at radius 1 is 1.19 bits per heavy atom. The molecule has 84 valence electrons. The number of carbonyl (C=O) groups is 1. The fourth-order valence-electron chi connectivity index (χ4n) is 1.94. The third-order valence-corrected chi connectivity index (χ3v) is 3.37. The lowest BCUT2D eigenvalue weighted by atomic mass is 10.1. The normalized spacial score (nSPS) is 14.4. The number of fused-ring (bicyclic) bond motifs is 1. The zero-order valence-electron chi connectivity index (χ0n) is 9.08. The molecule has 1 aliphatic heterocycles. The van der Waals surface area contributed by atoms with Crippen molar-refractivity contribution in [3.8, 4) is 0 Å². The molecule has 2 nitrogen and oxygen atoms in total. The molecular weight excluding hydrogens is 266 g/mol. The molecule has 2 rings (SSSR count). The summed E-state index contributed by atoms with van der Waals surface area (Å²) in [5, 5.41) is 0.981. The number of amides is 1. The van der Waals surface area contributed by atoms with Crippen molar-refractivity contribution in [2.75, 3.05) is 11.9 Å². The molecule has 1 amide bonds. The van der Waals surface area contributed by atoms with Gasteiger partial charge in [-0.1, -0.05) is 40.7 Å². The highest BCUT2D eigenvalue weighted by molar-refractivity contribution is 9.09. The van der Waals surface area contributed by atoms with Gasteiger partial charge in [-0.3, -0.25) is 4.79 Å². The van der Waals surface area contributed by atoms with Crippen molar-refractivity contribution in [3.63, 3.8) is 0 Å². The van der Waals surface area contributed by atoms with Crippen molar-refractivity contribution >= 4 is 27.5 Å². The van der Waals surface area contributed by atoms with Crippen LogP contribution in [0, 0.1) is 0 Å². The Balaban J connectivity index is 2.15. The molecule has 0 spiro atoms. The van der Waals surface area contributed by atoms with E-state index in [1.807, 2.05) is 24.3 Å². The van der Waals surface area contributed by atoms with E-state index in [0.29, 0.717) is 0 Å². The van der Waals surface area contributed by atoms with Crippen molar-refractivity contribution in [3.05, 3.63) is 42.0 Å². The molecule has 0 atom stereocenters. The number of hydrogen-bond donors (Lipinski definition) is 0. The lowest BCUT2D eigenvalue weighted by Crippen LogP contribution is -2.23. The summed E-state index contributed by atoms with van der Waals surface area (Å²) in [5.74, 6) is 0.0928. The van der Waals surface area contributed by atoms with Gasteiger partial charge in [0.2, 0.25) is 0 Å².